The SMILES string of the molecule is CSCC(C)CN1CNC(CC(C)C)C1=O. The van der Waals surface area contributed by atoms with Gasteiger partial charge in [0.15, 0.2) is 0 Å². The first kappa shape index (κ1) is 13.8. The molecule has 0 aromatic carbocycles. The van der Waals surface area contributed by atoms with Crippen molar-refractivity contribution in [2.75, 3.05) is 25.2 Å². The van der Waals surface area contributed by atoms with Crippen LogP contribution in [0, 0.1) is 11.8 Å². The number of hydrogen-bond acceptors (Lipinski definition) is 3. The van der Waals surface area contributed by atoms with E-state index < -0.39 is 0 Å². The molecule has 3 nitrogen and oxygen atoms in total. The molecular weight excluding hydrogens is 220 g/mol. The summed E-state index contributed by atoms with van der Waals surface area (Å²) in [4.78, 5) is 14.0. The summed E-state index contributed by atoms with van der Waals surface area (Å²) >= 11 is 1.85. The van der Waals surface area contributed by atoms with Crippen molar-refractivity contribution in [1.29, 1.82) is 0 Å². The average Bonchev–Trinajstić information content (AvgIpc) is 2.50. The van der Waals surface area contributed by atoms with Gasteiger partial charge in [0.1, 0.15) is 0 Å². The average molecular weight is 244 g/mol. The second-order valence-electron chi connectivity index (χ2n) is 5.17. The molecule has 1 N–H and O–H groups in total. The predicted molar refractivity (Wildman–Crippen MR) is 70.5 cm³/mol. The molecule has 1 fully saturated rings. The number of nitrogens with one attached hydrogen (secondary N) is 1. The lowest BCUT2D eigenvalue weighted by molar-refractivity contribution is -0.129. The Hall–Kier alpha value is -0.220. The van der Waals surface area contributed by atoms with Gasteiger partial charge in [0, 0.05) is 6.54 Å². The molecule has 94 valence electrons. The van der Waals surface area contributed by atoms with Crippen molar-refractivity contribution in [2.45, 2.75) is 33.2 Å². The van der Waals surface area contributed by atoms with Crippen LogP contribution in [0.1, 0.15) is 27.2 Å². The highest BCUT2D eigenvalue weighted by Crippen LogP contribution is 2.15. The maximum Gasteiger partial charge on any atom is 0.240 e. The molecule has 0 aliphatic carbocycles. The van der Waals surface area contributed by atoms with Gasteiger partial charge in [-0.3, -0.25) is 10.1 Å². The van der Waals surface area contributed by atoms with Crippen LogP contribution in [0.5, 0.6) is 0 Å². The van der Waals surface area contributed by atoms with Gasteiger partial charge in [0.05, 0.1) is 12.7 Å². The Morgan fingerprint density at radius 2 is 2.19 bits per heavy atom. The maximum atomic E-state index is 12.0. The Morgan fingerprint density at radius 3 is 2.75 bits per heavy atom. The molecule has 0 spiro atoms. The number of hydrogen-bond donors (Lipinski definition) is 1. The van der Waals surface area contributed by atoms with E-state index in [1.165, 1.54) is 0 Å². The second kappa shape index (κ2) is 6.50. The Bertz CT molecular complexity index is 233. The number of carbonyl (C=O) groups excluding carboxylic acids is 1. The van der Waals surface area contributed by atoms with Crippen LogP contribution in [0.3, 0.4) is 0 Å². The van der Waals surface area contributed by atoms with E-state index in [9.17, 15) is 4.79 Å². The summed E-state index contributed by atoms with van der Waals surface area (Å²) in [7, 11) is 0. The minimum atomic E-state index is 0.0569. The second-order valence-corrected chi connectivity index (χ2v) is 6.08. The lowest BCUT2D eigenvalue weighted by Gasteiger charge is -2.20. The monoisotopic (exact) mass is 244 g/mol. The molecule has 0 aromatic rings. The minimum Gasteiger partial charge on any atom is -0.328 e. The Kier molecular flexibility index (Phi) is 5.62. The smallest absolute Gasteiger partial charge is 0.240 e. The molecule has 1 aliphatic rings. The van der Waals surface area contributed by atoms with E-state index in [1.54, 1.807) is 0 Å². The van der Waals surface area contributed by atoms with Gasteiger partial charge in [-0.05, 0) is 30.3 Å². The van der Waals surface area contributed by atoms with Gasteiger partial charge in [-0.2, -0.15) is 11.8 Å². The van der Waals surface area contributed by atoms with E-state index in [0.29, 0.717) is 17.7 Å². The molecule has 1 heterocycles. The number of amides is 1. The van der Waals surface area contributed by atoms with Crippen LogP contribution in [0.4, 0.5) is 0 Å². The number of rotatable bonds is 6. The van der Waals surface area contributed by atoms with E-state index in [1.807, 2.05) is 16.7 Å². The molecule has 0 radical (unpaired) electrons. The molecule has 2 atom stereocenters. The van der Waals surface area contributed by atoms with Crippen molar-refractivity contribution in [2.24, 2.45) is 11.8 Å². The van der Waals surface area contributed by atoms with E-state index in [0.717, 1.165) is 25.4 Å². The van der Waals surface area contributed by atoms with Gasteiger partial charge in [0.2, 0.25) is 5.91 Å². The van der Waals surface area contributed by atoms with Crippen molar-refractivity contribution in [3.8, 4) is 0 Å². The first-order valence-electron chi connectivity index (χ1n) is 6.05. The van der Waals surface area contributed by atoms with Gasteiger partial charge in [-0.1, -0.05) is 20.8 Å². The fourth-order valence-electron chi connectivity index (χ4n) is 2.13. The third-order valence-electron chi connectivity index (χ3n) is 2.83. The molecule has 16 heavy (non-hydrogen) atoms. The number of carbonyl (C=O) groups is 1. The summed E-state index contributed by atoms with van der Waals surface area (Å²) in [6.07, 6.45) is 3.06. The van der Waals surface area contributed by atoms with Crippen LogP contribution < -0.4 is 5.32 Å². The van der Waals surface area contributed by atoms with E-state index >= 15 is 0 Å². The van der Waals surface area contributed by atoms with Crippen molar-refractivity contribution < 1.29 is 4.79 Å². The molecule has 0 bridgehead atoms. The van der Waals surface area contributed by atoms with Crippen LogP contribution in [0.2, 0.25) is 0 Å². The summed E-state index contributed by atoms with van der Waals surface area (Å²) in [5, 5.41) is 3.30. The normalized spacial score (nSPS) is 23.2. The number of thioether (sulfide) groups is 1. The van der Waals surface area contributed by atoms with Crippen LogP contribution in [-0.2, 0) is 4.79 Å². The van der Waals surface area contributed by atoms with E-state index in [2.05, 4.69) is 32.3 Å². The largest absolute Gasteiger partial charge is 0.328 e. The van der Waals surface area contributed by atoms with E-state index in [4.69, 9.17) is 0 Å². The Labute approximate surface area is 103 Å². The zero-order chi connectivity index (χ0) is 12.1. The molecule has 0 aromatic heterocycles. The molecule has 1 saturated heterocycles. The molecule has 1 aliphatic heterocycles. The summed E-state index contributed by atoms with van der Waals surface area (Å²) in [5.74, 6) is 2.57. The lowest BCUT2D eigenvalue weighted by atomic mass is 10.0. The quantitative estimate of drug-likeness (QED) is 0.773. The van der Waals surface area contributed by atoms with Crippen LogP contribution in [-0.4, -0.2) is 42.1 Å². The van der Waals surface area contributed by atoms with Gasteiger partial charge in [-0.25, -0.2) is 0 Å². The Morgan fingerprint density at radius 1 is 1.50 bits per heavy atom. The molecule has 1 rings (SSSR count). The van der Waals surface area contributed by atoms with Gasteiger partial charge in [0.25, 0.3) is 0 Å². The fourth-order valence-corrected chi connectivity index (χ4v) is 2.80. The zero-order valence-electron chi connectivity index (χ0n) is 10.8. The maximum absolute atomic E-state index is 12.0. The first-order chi connectivity index (χ1) is 7.54. The summed E-state index contributed by atoms with van der Waals surface area (Å²) < 4.78 is 0. The minimum absolute atomic E-state index is 0.0569. The van der Waals surface area contributed by atoms with Crippen LogP contribution in [0.15, 0.2) is 0 Å². The van der Waals surface area contributed by atoms with Crippen molar-refractivity contribution in [3.63, 3.8) is 0 Å². The number of nitrogens with zero attached hydrogens (tertiary/aromatic N) is 1. The molecule has 0 saturated carbocycles. The van der Waals surface area contributed by atoms with E-state index in [-0.39, 0.29) is 6.04 Å². The highest BCUT2D eigenvalue weighted by molar-refractivity contribution is 7.98. The standard InChI is InChI=1S/C12H24N2OS/c1-9(2)5-11-12(15)14(8-13-11)6-10(3)7-16-4/h9-11,13H,5-8H2,1-4H3. The highest BCUT2D eigenvalue weighted by atomic mass is 32.2. The third-order valence-corrected chi connectivity index (χ3v) is 3.73. The topological polar surface area (TPSA) is 32.3 Å². The first-order valence-corrected chi connectivity index (χ1v) is 7.45. The molecule has 2 unspecified atom stereocenters. The van der Waals surface area contributed by atoms with Gasteiger partial charge >= 0.3 is 0 Å². The van der Waals surface area contributed by atoms with Gasteiger partial charge < -0.3 is 4.90 Å². The molecule has 4 heteroatoms. The van der Waals surface area contributed by atoms with Crippen LogP contribution in [0.25, 0.3) is 0 Å². The zero-order valence-corrected chi connectivity index (χ0v) is 11.6. The lowest BCUT2D eigenvalue weighted by Crippen LogP contribution is -2.34. The Balaban J connectivity index is 2.38. The summed E-state index contributed by atoms with van der Waals surface area (Å²) in [5.41, 5.74) is 0. The molecule has 1 amide bonds. The van der Waals surface area contributed by atoms with Crippen molar-refractivity contribution in [3.05, 3.63) is 0 Å². The molecular formula is C12H24N2OS. The highest BCUT2D eigenvalue weighted by Gasteiger charge is 2.31. The fraction of sp³-hybridized carbons (Fsp3) is 0.917. The summed E-state index contributed by atoms with van der Waals surface area (Å²) in [6, 6.07) is 0.0569. The van der Waals surface area contributed by atoms with Crippen molar-refractivity contribution >= 4 is 17.7 Å². The predicted octanol–water partition coefficient (Wildman–Crippen LogP) is 1.79. The van der Waals surface area contributed by atoms with Gasteiger partial charge in [-0.15, -0.1) is 0 Å². The van der Waals surface area contributed by atoms with Crippen molar-refractivity contribution in [1.82, 2.24) is 10.2 Å². The third kappa shape index (κ3) is 3.98. The van der Waals surface area contributed by atoms with Crippen LogP contribution >= 0.6 is 11.8 Å². The summed E-state index contributed by atoms with van der Waals surface area (Å²) in [6.45, 7) is 8.15.